The molecule has 0 radical (unpaired) electrons. The number of carbonyl (C=O) groups excluding carboxylic acids is 2. The van der Waals surface area contributed by atoms with Crippen LogP contribution in [0.3, 0.4) is 0 Å². The summed E-state index contributed by atoms with van der Waals surface area (Å²) in [6.45, 7) is 5.10. The maximum Gasteiger partial charge on any atom is 0.307 e. The van der Waals surface area contributed by atoms with E-state index in [0.29, 0.717) is 18.6 Å². The van der Waals surface area contributed by atoms with E-state index in [1.54, 1.807) is 6.92 Å². The molecule has 0 aliphatic heterocycles. The van der Waals surface area contributed by atoms with Crippen molar-refractivity contribution in [3.63, 3.8) is 0 Å². The van der Waals surface area contributed by atoms with Crippen LogP contribution in [0.1, 0.15) is 59.3 Å². The molecule has 0 fully saturated rings. The van der Waals surface area contributed by atoms with Crippen molar-refractivity contribution >= 4 is 11.8 Å². The number of ether oxygens (including phenoxy) is 1. The third-order valence-electron chi connectivity index (χ3n) is 2.16. The van der Waals surface area contributed by atoms with Gasteiger partial charge in [0.25, 0.3) is 0 Å². The highest BCUT2D eigenvalue weighted by atomic mass is 16.5. The SMILES string of the molecule is CCCCC=C(CCCC(C)=O)OC(C)=O. The molecule has 0 unspecified atom stereocenters. The minimum absolute atomic E-state index is 0.177. The summed E-state index contributed by atoms with van der Waals surface area (Å²) >= 11 is 0. The maximum atomic E-state index is 10.9. The van der Waals surface area contributed by atoms with Crippen LogP contribution < -0.4 is 0 Å². The first-order valence-corrected chi connectivity index (χ1v) is 5.93. The molecule has 92 valence electrons. The van der Waals surface area contributed by atoms with Crippen LogP contribution in [0.2, 0.25) is 0 Å². The molecule has 0 saturated heterocycles. The first kappa shape index (κ1) is 14.9. The molecule has 0 aromatic rings. The molecule has 0 aromatic carbocycles. The predicted octanol–water partition coefficient (Wildman–Crippen LogP) is 3.38. The molecule has 0 bridgehead atoms. The Labute approximate surface area is 97.9 Å². The van der Waals surface area contributed by atoms with Crippen LogP contribution in [0, 0.1) is 0 Å². The summed E-state index contributed by atoms with van der Waals surface area (Å²) in [7, 11) is 0. The van der Waals surface area contributed by atoms with Gasteiger partial charge in [-0.25, -0.2) is 0 Å². The molecule has 0 aliphatic rings. The summed E-state index contributed by atoms with van der Waals surface area (Å²) in [5.74, 6) is 0.600. The van der Waals surface area contributed by atoms with Gasteiger partial charge < -0.3 is 9.53 Å². The molecule has 0 rings (SSSR count). The number of Topliss-reactive ketones (excluding diaryl/α,β-unsaturated/α-hetero) is 1. The highest BCUT2D eigenvalue weighted by Gasteiger charge is 2.03. The molecule has 0 atom stereocenters. The van der Waals surface area contributed by atoms with Crippen molar-refractivity contribution in [1.82, 2.24) is 0 Å². The zero-order chi connectivity index (χ0) is 12.4. The van der Waals surface area contributed by atoms with E-state index in [-0.39, 0.29) is 11.8 Å². The van der Waals surface area contributed by atoms with E-state index in [1.165, 1.54) is 6.92 Å². The smallest absolute Gasteiger partial charge is 0.307 e. The van der Waals surface area contributed by atoms with Crippen LogP contribution in [0.5, 0.6) is 0 Å². The summed E-state index contributed by atoms with van der Waals surface area (Å²) in [4.78, 5) is 21.6. The molecular formula is C13H22O3. The molecule has 0 aliphatic carbocycles. The van der Waals surface area contributed by atoms with E-state index in [2.05, 4.69) is 6.92 Å². The van der Waals surface area contributed by atoms with Gasteiger partial charge in [-0.15, -0.1) is 0 Å². The van der Waals surface area contributed by atoms with E-state index in [1.807, 2.05) is 6.08 Å². The van der Waals surface area contributed by atoms with Crippen LogP contribution in [-0.4, -0.2) is 11.8 Å². The largest absolute Gasteiger partial charge is 0.432 e. The third kappa shape index (κ3) is 9.44. The van der Waals surface area contributed by atoms with E-state index < -0.39 is 0 Å². The van der Waals surface area contributed by atoms with Gasteiger partial charge in [-0.2, -0.15) is 0 Å². The molecule has 0 N–H and O–H groups in total. The molecule has 0 heterocycles. The van der Waals surface area contributed by atoms with Crippen molar-refractivity contribution in [2.45, 2.75) is 59.3 Å². The summed E-state index contributed by atoms with van der Waals surface area (Å²) in [5, 5.41) is 0. The fourth-order valence-electron chi connectivity index (χ4n) is 1.36. The Morgan fingerprint density at radius 1 is 1.12 bits per heavy atom. The van der Waals surface area contributed by atoms with Crippen molar-refractivity contribution in [1.29, 1.82) is 0 Å². The quantitative estimate of drug-likeness (QED) is 0.362. The summed E-state index contributed by atoms with van der Waals surface area (Å²) in [6.07, 6.45) is 7.08. The first-order valence-electron chi connectivity index (χ1n) is 5.93. The summed E-state index contributed by atoms with van der Waals surface area (Å²) in [5.41, 5.74) is 0. The predicted molar refractivity (Wildman–Crippen MR) is 63.9 cm³/mol. The van der Waals surface area contributed by atoms with Crippen LogP contribution in [-0.2, 0) is 14.3 Å². The maximum absolute atomic E-state index is 10.9. The Hall–Kier alpha value is -1.12. The minimum atomic E-state index is -0.287. The topological polar surface area (TPSA) is 43.4 Å². The average Bonchev–Trinajstić information content (AvgIpc) is 2.16. The molecule has 0 aromatic heterocycles. The standard InChI is InChI=1S/C13H22O3/c1-4-5-6-9-13(16-12(3)15)10-7-8-11(2)14/h9H,4-8,10H2,1-3H3. The molecule has 0 amide bonds. The second-order valence-corrected chi connectivity index (χ2v) is 3.96. The number of unbranched alkanes of at least 4 members (excludes halogenated alkanes) is 2. The van der Waals surface area contributed by atoms with Crippen molar-refractivity contribution < 1.29 is 14.3 Å². The second kappa shape index (κ2) is 9.13. The molecule has 0 saturated carbocycles. The number of hydrogen-bond acceptors (Lipinski definition) is 3. The zero-order valence-electron chi connectivity index (χ0n) is 10.5. The molecule has 3 nitrogen and oxygen atoms in total. The van der Waals surface area contributed by atoms with Crippen LogP contribution >= 0.6 is 0 Å². The zero-order valence-corrected chi connectivity index (χ0v) is 10.5. The van der Waals surface area contributed by atoms with Crippen LogP contribution in [0.4, 0.5) is 0 Å². The first-order chi connectivity index (χ1) is 7.56. The van der Waals surface area contributed by atoms with Crippen molar-refractivity contribution in [3.8, 4) is 0 Å². The molecule has 3 heteroatoms. The monoisotopic (exact) mass is 226 g/mol. The van der Waals surface area contributed by atoms with Crippen molar-refractivity contribution in [3.05, 3.63) is 11.8 Å². The minimum Gasteiger partial charge on any atom is -0.432 e. The van der Waals surface area contributed by atoms with Gasteiger partial charge >= 0.3 is 5.97 Å². The van der Waals surface area contributed by atoms with Gasteiger partial charge in [0.15, 0.2) is 0 Å². The molecular weight excluding hydrogens is 204 g/mol. The van der Waals surface area contributed by atoms with Gasteiger partial charge in [0.05, 0.1) is 0 Å². The van der Waals surface area contributed by atoms with Gasteiger partial charge in [0, 0.05) is 19.8 Å². The lowest BCUT2D eigenvalue weighted by molar-refractivity contribution is -0.137. The van der Waals surface area contributed by atoms with Gasteiger partial charge in [0.1, 0.15) is 11.5 Å². The van der Waals surface area contributed by atoms with E-state index >= 15 is 0 Å². The average molecular weight is 226 g/mol. The Kier molecular flexibility index (Phi) is 8.49. The van der Waals surface area contributed by atoms with Crippen LogP contribution in [0.25, 0.3) is 0 Å². The Bertz CT molecular complexity index is 254. The number of carbonyl (C=O) groups is 2. The number of hydrogen-bond donors (Lipinski definition) is 0. The van der Waals surface area contributed by atoms with Gasteiger partial charge in [-0.3, -0.25) is 4.79 Å². The number of esters is 1. The lowest BCUT2D eigenvalue weighted by Gasteiger charge is -2.06. The summed E-state index contributed by atoms with van der Waals surface area (Å²) in [6, 6.07) is 0. The Morgan fingerprint density at radius 3 is 2.31 bits per heavy atom. The number of allylic oxidation sites excluding steroid dienone is 2. The normalized spacial score (nSPS) is 11.3. The van der Waals surface area contributed by atoms with Crippen LogP contribution in [0.15, 0.2) is 11.8 Å². The fourth-order valence-corrected chi connectivity index (χ4v) is 1.36. The van der Waals surface area contributed by atoms with Crippen molar-refractivity contribution in [2.75, 3.05) is 0 Å². The molecule has 16 heavy (non-hydrogen) atoms. The lowest BCUT2D eigenvalue weighted by atomic mass is 10.1. The number of rotatable bonds is 8. The van der Waals surface area contributed by atoms with E-state index in [9.17, 15) is 9.59 Å². The molecule has 0 spiro atoms. The van der Waals surface area contributed by atoms with E-state index in [0.717, 1.165) is 25.7 Å². The van der Waals surface area contributed by atoms with E-state index in [4.69, 9.17) is 4.74 Å². The lowest BCUT2D eigenvalue weighted by Crippen LogP contribution is -2.00. The van der Waals surface area contributed by atoms with Crippen molar-refractivity contribution in [2.24, 2.45) is 0 Å². The number of ketones is 1. The summed E-state index contributed by atoms with van der Waals surface area (Å²) < 4.78 is 5.09. The Morgan fingerprint density at radius 2 is 1.81 bits per heavy atom. The fraction of sp³-hybridized carbons (Fsp3) is 0.692. The van der Waals surface area contributed by atoms with Gasteiger partial charge in [0.2, 0.25) is 0 Å². The second-order valence-electron chi connectivity index (χ2n) is 3.96. The highest BCUT2D eigenvalue weighted by molar-refractivity contribution is 5.75. The van der Waals surface area contributed by atoms with Gasteiger partial charge in [-0.1, -0.05) is 13.3 Å². The van der Waals surface area contributed by atoms with Gasteiger partial charge in [-0.05, 0) is 32.3 Å². The third-order valence-corrected chi connectivity index (χ3v) is 2.16. The highest BCUT2D eigenvalue weighted by Crippen LogP contribution is 2.12. The Balaban J connectivity index is 4.03.